The molecule has 0 radical (unpaired) electrons. The maximum atomic E-state index is 13.3. The van der Waals surface area contributed by atoms with Crippen LogP contribution in [0.25, 0.3) is 22.5 Å². The highest BCUT2D eigenvalue weighted by Crippen LogP contribution is 2.41. The van der Waals surface area contributed by atoms with Gasteiger partial charge in [0.25, 0.3) is 0 Å². The van der Waals surface area contributed by atoms with Gasteiger partial charge in [-0.05, 0) is 97.0 Å². The van der Waals surface area contributed by atoms with Gasteiger partial charge >= 0.3 is 0 Å². The molecule has 2 aliphatic rings. The number of benzene rings is 2. The minimum absolute atomic E-state index is 0.0256. The fourth-order valence-corrected chi connectivity index (χ4v) is 7.25. The van der Waals surface area contributed by atoms with Gasteiger partial charge in [-0.15, -0.1) is 0 Å². The lowest BCUT2D eigenvalue weighted by Gasteiger charge is -2.23. The predicted molar refractivity (Wildman–Crippen MR) is 133 cm³/mol. The highest BCUT2D eigenvalue weighted by Gasteiger charge is 2.40. The fourth-order valence-electron chi connectivity index (χ4n) is 5.66. The van der Waals surface area contributed by atoms with Gasteiger partial charge in [-0.3, -0.25) is 4.68 Å². The zero-order chi connectivity index (χ0) is 23.9. The lowest BCUT2D eigenvalue weighted by atomic mass is 9.91. The van der Waals surface area contributed by atoms with Gasteiger partial charge in [0, 0.05) is 18.7 Å². The molecule has 2 bridgehead atoms. The molecule has 1 N–H and O–H groups in total. The van der Waals surface area contributed by atoms with Crippen molar-refractivity contribution in [1.82, 2.24) is 14.5 Å². The number of nitrogens with zero attached hydrogens (tertiary/aromatic N) is 2. The molecule has 0 saturated heterocycles. The van der Waals surface area contributed by atoms with Crippen molar-refractivity contribution in [3.8, 4) is 22.5 Å². The number of aryl methyl sites for hydroxylation is 1. The standard InChI is InChI=1S/C27H32FN3O2S/c1-3-4-13-34(32,33)30-27-21-7-8-22(27)16-23-15-20(6-5-19(23)14-21)25-17-26(31(2)29-25)18-9-11-24(28)12-10-18/h5-6,9-12,15,17,21-22,27,30H,3-4,7-8,13-14,16H2,1-2H3/t21-,22-,27-/m1/s1. The number of hydrogen-bond donors (Lipinski definition) is 1. The Labute approximate surface area is 201 Å². The molecule has 1 saturated carbocycles. The van der Waals surface area contributed by atoms with E-state index in [2.05, 4.69) is 22.9 Å². The molecule has 5 nitrogen and oxygen atoms in total. The van der Waals surface area contributed by atoms with Gasteiger partial charge in [0.2, 0.25) is 10.0 Å². The number of nitrogens with one attached hydrogen (secondary N) is 1. The van der Waals surface area contributed by atoms with Gasteiger partial charge in [-0.25, -0.2) is 17.5 Å². The lowest BCUT2D eigenvalue weighted by molar-refractivity contribution is 0.386. The van der Waals surface area contributed by atoms with E-state index in [1.54, 1.807) is 12.1 Å². The number of hydrogen-bond acceptors (Lipinski definition) is 3. The summed E-state index contributed by atoms with van der Waals surface area (Å²) in [5.74, 6) is 0.647. The van der Waals surface area contributed by atoms with Gasteiger partial charge in [0.15, 0.2) is 0 Å². The molecule has 0 spiro atoms. The fraction of sp³-hybridized carbons (Fsp3) is 0.444. The zero-order valence-corrected chi connectivity index (χ0v) is 20.6. The summed E-state index contributed by atoms with van der Waals surface area (Å²) in [6.45, 7) is 2.02. The molecule has 1 aromatic heterocycles. The number of sulfonamides is 1. The van der Waals surface area contributed by atoms with Crippen molar-refractivity contribution in [1.29, 1.82) is 0 Å². The average Bonchev–Trinajstić information content (AvgIpc) is 3.31. The summed E-state index contributed by atoms with van der Waals surface area (Å²) >= 11 is 0. The van der Waals surface area contributed by atoms with Crippen LogP contribution < -0.4 is 4.72 Å². The first-order chi connectivity index (χ1) is 16.3. The van der Waals surface area contributed by atoms with Crippen LogP contribution >= 0.6 is 0 Å². The van der Waals surface area contributed by atoms with Crippen molar-refractivity contribution in [2.75, 3.05) is 5.75 Å². The highest BCUT2D eigenvalue weighted by molar-refractivity contribution is 7.89. The van der Waals surface area contributed by atoms with Gasteiger partial charge < -0.3 is 0 Å². The summed E-state index contributed by atoms with van der Waals surface area (Å²) in [6, 6.07) is 15.1. The predicted octanol–water partition coefficient (Wildman–Crippen LogP) is 5.11. The van der Waals surface area contributed by atoms with Crippen LogP contribution in [0.5, 0.6) is 0 Å². The molecular formula is C27H32FN3O2S. The maximum Gasteiger partial charge on any atom is 0.211 e. The van der Waals surface area contributed by atoms with E-state index in [4.69, 9.17) is 5.10 Å². The Hall–Kier alpha value is -2.51. The number of fused-ring (bicyclic) bond motifs is 3. The summed E-state index contributed by atoms with van der Waals surface area (Å²) in [5.41, 5.74) is 6.43. The van der Waals surface area contributed by atoms with Crippen molar-refractivity contribution in [2.24, 2.45) is 18.9 Å². The number of halogens is 1. The van der Waals surface area contributed by atoms with E-state index in [0.717, 1.165) is 54.6 Å². The molecule has 0 amide bonds. The van der Waals surface area contributed by atoms with Crippen molar-refractivity contribution in [2.45, 2.75) is 51.5 Å². The molecule has 180 valence electrons. The van der Waals surface area contributed by atoms with Crippen molar-refractivity contribution < 1.29 is 12.8 Å². The molecule has 5 rings (SSSR count). The van der Waals surface area contributed by atoms with Crippen LogP contribution in [-0.4, -0.2) is 30.0 Å². The van der Waals surface area contributed by atoms with E-state index in [-0.39, 0.29) is 17.6 Å². The number of unbranched alkanes of at least 4 members (excludes halogenated alkanes) is 1. The van der Waals surface area contributed by atoms with Crippen molar-refractivity contribution >= 4 is 10.0 Å². The molecule has 0 unspecified atom stereocenters. The van der Waals surface area contributed by atoms with Crippen molar-refractivity contribution in [3.05, 3.63) is 65.5 Å². The Morgan fingerprint density at radius 2 is 1.68 bits per heavy atom. The molecule has 3 atom stereocenters. The summed E-state index contributed by atoms with van der Waals surface area (Å²) < 4.78 is 43.5. The summed E-state index contributed by atoms with van der Waals surface area (Å²) in [7, 11) is -1.34. The number of aromatic nitrogens is 2. The van der Waals surface area contributed by atoms with Crippen LogP contribution in [0.1, 0.15) is 43.7 Å². The second-order valence-corrected chi connectivity index (χ2v) is 11.7. The Bertz CT molecular complexity index is 1280. The number of rotatable bonds is 7. The summed E-state index contributed by atoms with van der Waals surface area (Å²) in [6.07, 6.45) is 5.52. The second-order valence-electron chi connectivity index (χ2n) is 9.85. The van der Waals surface area contributed by atoms with Crippen LogP contribution in [-0.2, 0) is 29.9 Å². The maximum absolute atomic E-state index is 13.3. The molecule has 0 aliphatic heterocycles. The van der Waals surface area contributed by atoms with Crippen LogP contribution in [0.3, 0.4) is 0 Å². The minimum Gasteiger partial charge on any atom is -0.267 e. The van der Waals surface area contributed by atoms with Crippen LogP contribution in [0, 0.1) is 17.7 Å². The van der Waals surface area contributed by atoms with E-state index in [1.807, 2.05) is 24.7 Å². The Morgan fingerprint density at radius 1 is 1.00 bits per heavy atom. The Morgan fingerprint density at radius 3 is 2.38 bits per heavy atom. The first kappa shape index (κ1) is 23.2. The van der Waals surface area contributed by atoms with Gasteiger partial charge in [0.1, 0.15) is 5.82 Å². The Kier molecular flexibility index (Phi) is 6.34. The molecule has 1 heterocycles. The molecule has 34 heavy (non-hydrogen) atoms. The molecule has 2 aromatic carbocycles. The lowest BCUT2D eigenvalue weighted by Crippen LogP contribution is -2.42. The van der Waals surface area contributed by atoms with E-state index in [0.29, 0.717) is 18.3 Å². The van der Waals surface area contributed by atoms with Crippen LogP contribution in [0.4, 0.5) is 4.39 Å². The van der Waals surface area contributed by atoms with E-state index < -0.39 is 10.0 Å². The smallest absolute Gasteiger partial charge is 0.211 e. The third-order valence-corrected chi connectivity index (χ3v) is 8.95. The van der Waals surface area contributed by atoms with Crippen LogP contribution in [0.15, 0.2) is 48.5 Å². The Balaban J connectivity index is 1.39. The largest absolute Gasteiger partial charge is 0.267 e. The molecule has 2 aliphatic carbocycles. The van der Waals surface area contributed by atoms with Gasteiger partial charge in [-0.1, -0.05) is 25.5 Å². The van der Waals surface area contributed by atoms with E-state index in [1.165, 1.54) is 23.3 Å². The van der Waals surface area contributed by atoms with Gasteiger partial charge in [0.05, 0.1) is 17.1 Å². The normalized spacial score (nSPS) is 21.9. The summed E-state index contributed by atoms with van der Waals surface area (Å²) in [4.78, 5) is 0. The zero-order valence-electron chi connectivity index (χ0n) is 19.8. The van der Waals surface area contributed by atoms with Crippen molar-refractivity contribution in [3.63, 3.8) is 0 Å². The minimum atomic E-state index is -3.24. The summed E-state index contributed by atoms with van der Waals surface area (Å²) in [5, 5.41) is 4.72. The first-order valence-corrected chi connectivity index (χ1v) is 13.9. The third kappa shape index (κ3) is 4.68. The highest BCUT2D eigenvalue weighted by atomic mass is 32.2. The monoisotopic (exact) mass is 481 g/mol. The van der Waals surface area contributed by atoms with Gasteiger partial charge in [-0.2, -0.15) is 5.10 Å². The third-order valence-electron chi connectivity index (χ3n) is 7.49. The quantitative estimate of drug-likeness (QED) is 0.510. The topological polar surface area (TPSA) is 64.0 Å². The molecule has 7 heteroatoms. The SMILES string of the molecule is CCCCS(=O)(=O)N[C@@H]1[C@@H]2CC[C@@H]1Cc1cc(-c3cc(-c4ccc(F)cc4)n(C)n3)ccc1C2. The van der Waals surface area contributed by atoms with Crippen LogP contribution in [0.2, 0.25) is 0 Å². The first-order valence-electron chi connectivity index (χ1n) is 12.2. The molecular weight excluding hydrogens is 449 g/mol. The molecule has 3 aromatic rings. The second kappa shape index (κ2) is 9.27. The molecule has 1 fully saturated rings. The average molecular weight is 482 g/mol. The van der Waals surface area contributed by atoms with E-state index in [9.17, 15) is 12.8 Å². The van der Waals surface area contributed by atoms with E-state index >= 15 is 0 Å².